The molecule has 0 saturated carbocycles. The summed E-state index contributed by atoms with van der Waals surface area (Å²) in [6.45, 7) is 5.91. The number of sulfonamides is 1. The van der Waals surface area contributed by atoms with Crippen molar-refractivity contribution in [3.8, 4) is 0 Å². The van der Waals surface area contributed by atoms with Gasteiger partial charge in [0, 0.05) is 8.95 Å². The third-order valence-corrected chi connectivity index (χ3v) is 5.48. The lowest BCUT2D eigenvalue weighted by atomic mass is 10.2. The molecule has 2 N–H and O–H groups in total. The lowest BCUT2D eigenvalue weighted by Crippen LogP contribution is -2.20. The minimum absolute atomic E-state index is 0.133. The highest BCUT2D eigenvalue weighted by Gasteiger charge is 2.14. The Labute approximate surface area is 144 Å². The number of nitrogens with one attached hydrogen (secondary N) is 2. The molecule has 0 fully saturated rings. The summed E-state index contributed by atoms with van der Waals surface area (Å²) in [4.78, 5) is 0. The van der Waals surface area contributed by atoms with E-state index in [1.54, 1.807) is 0 Å². The molecule has 0 amide bonds. The van der Waals surface area contributed by atoms with Gasteiger partial charge in [-0.2, -0.15) is 0 Å². The molecule has 0 atom stereocenters. The Morgan fingerprint density at radius 3 is 2.29 bits per heavy atom. The molecule has 0 aliphatic heterocycles. The number of hydrogen-bond acceptors (Lipinski definition) is 3. The summed E-state index contributed by atoms with van der Waals surface area (Å²) in [6.07, 6.45) is 2.60. The Morgan fingerprint density at radius 2 is 1.71 bits per heavy atom. The fourth-order valence-electron chi connectivity index (χ4n) is 1.85. The van der Waals surface area contributed by atoms with Crippen molar-refractivity contribution >= 4 is 47.6 Å². The minimum Gasteiger partial charge on any atom is -0.317 e. The van der Waals surface area contributed by atoms with Crippen molar-refractivity contribution in [3.05, 3.63) is 26.6 Å². The first-order valence-corrected chi connectivity index (χ1v) is 10.3. The lowest BCUT2D eigenvalue weighted by Gasteiger charge is -2.12. The number of aryl methyl sites for hydroxylation is 1. The topological polar surface area (TPSA) is 58.2 Å². The van der Waals surface area contributed by atoms with Crippen LogP contribution in [0.25, 0.3) is 0 Å². The fraction of sp³-hybridized carbons (Fsp3) is 0.571. The van der Waals surface area contributed by atoms with Crippen LogP contribution in [-0.2, 0) is 10.0 Å². The third kappa shape index (κ3) is 7.13. The molecule has 0 aromatic heterocycles. The maximum Gasteiger partial charge on any atom is 0.232 e. The van der Waals surface area contributed by atoms with E-state index in [1.165, 1.54) is 0 Å². The SMILES string of the molecule is CCCNCCCCS(=O)(=O)Nc1c(Br)cc(C)cc1Br. The predicted octanol–water partition coefficient (Wildman–Crippen LogP) is 4.04. The predicted molar refractivity (Wildman–Crippen MR) is 96.4 cm³/mol. The van der Waals surface area contributed by atoms with Crippen LogP contribution in [0.15, 0.2) is 21.1 Å². The van der Waals surface area contributed by atoms with Gasteiger partial charge in [-0.1, -0.05) is 6.92 Å². The molecule has 0 saturated heterocycles. The van der Waals surface area contributed by atoms with Gasteiger partial charge in [-0.05, 0) is 88.8 Å². The molecular formula is C14H22Br2N2O2S. The van der Waals surface area contributed by atoms with Crippen molar-refractivity contribution in [1.29, 1.82) is 0 Å². The second-order valence-corrected chi connectivity index (χ2v) is 8.53. The number of rotatable bonds is 9. The van der Waals surface area contributed by atoms with Crippen LogP contribution in [0.1, 0.15) is 31.7 Å². The van der Waals surface area contributed by atoms with Crippen molar-refractivity contribution in [2.24, 2.45) is 0 Å². The van der Waals surface area contributed by atoms with Gasteiger partial charge in [0.25, 0.3) is 0 Å². The second-order valence-electron chi connectivity index (χ2n) is 4.98. The molecule has 1 rings (SSSR count). The van der Waals surface area contributed by atoms with E-state index < -0.39 is 10.0 Å². The van der Waals surface area contributed by atoms with Crippen molar-refractivity contribution in [1.82, 2.24) is 5.32 Å². The summed E-state index contributed by atoms with van der Waals surface area (Å²) in [5, 5.41) is 3.27. The van der Waals surface area contributed by atoms with Gasteiger partial charge in [0.2, 0.25) is 10.0 Å². The molecule has 0 heterocycles. The maximum absolute atomic E-state index is 12.1. The number of hydrogen-bond donors (Lipinski definition) is 2. The summed E-state index contributed by atoms with van der Waals surface area (Å²) >= 11 is 6.79. The molecule has 1 aromatic carbocycles. The Hall–Kier alpha value is -0.110. The molecule has 21 heavy (non-hydrogen) atoms. The molecule has 0 bridgehead atoms. The number of unbranched alkanes of at least 4 members (excludes halogenated alkanes) is 1. The van der Waals surface area contributed by atoms with E-state index in [4.69, 9.17) is 0 Å². The molecule has 0 unspecified atom stereocenters. The number of anilines is 1. The smallest absolute Gasteiger partial charge is 0.232 e. The Bertz CT molecular complexity index is 539. The first-order chi connectivity index (χ1) is 9.85. The van der Waals surface area contributed by atoms with Gasteiger partial charge in [0.15, 0.2) is 0 Å². The Kier molecular flexibility index (Phi) is 8.23. The molecular weight excluding hydrogens is 420 g/mol. The van der Waals surface area contributed by atoms with Gasteiger partial charge in [-0.3, -0.25) is 4.72 Å². The van der Waals surface area contributed by atoms with E-state index in [9.17, 15) is 8.42 Å². The first-order valence-electron chi connectivity index (χ1n) is 7.02. The quantitative estimate of drug-likeness (QED) is 0.568. The van der Waals surface area contributed by atoms with Gasteiger partial charge in [0.1, 0.15) is 0 Å². The van der Waals surface area contributed by atoms with Gasteiger partial charge in [0.05, 0.1) is 11.4 Å². The highest BCUT2D eigenvalue weighted by molar-refractivity contribution is 9.11. The minimum atomic E-state index is -3.32. The zero-order valence-corrected chi connectivity index (χ0v) is 16.4. The summed E-state index contributed by atoms with van der Waals surface area (Å²) in [6, 6.07) is 3.77. The van der Waals surface area contributed by atoms with Crippen LogP contribution in [0.2, 0.25) is 0 Å². The summed E-state index contributed by atoms with van der Waals surface area (Å²) in [5.41, 5.74) is 1.61. The van der Waals surface area contributed by atoms with Crippen molar-refractivity contribution in [3.63, 3.8) is 0 Å². The summed E-state index contributed by atoms with van der Waals surface area (Å²) < 4.78 is 28.3. The summed E-state index contributed by atoms with van der Waals surface area (Å²) in [5.74, 6) is 0.133. The molecule has 7 heteroatoms. The van der Waals surface area contributed by atoms with E-state index in [0.717, 1.165) is 40.4 Å². The van der Waals surface area contributed by atoms with Crippen molar-refractivity contribution in [2.75, 3.05) is 23.6 Å². The van der Waals surface area contributed by atoms with E-state index in [1.807, 2.05) is 19.1 Å². The first kappa shape index (κ1) is 18.9. The van der Waals surface area contributed by atoms with Crippen LogP contribution in [0, 0.1) is 6.92 Å². The zero-order valence-electron chi connectivity index (χ0n) is 12.4. The number of benzene rings is 1. The van der Waals surface area contributed by atoms with E-state index in [-0.39, 0.29) is 5.75 Å². The highest BCUT2D eigenvalue weighted by Crippen LogP contribution is 2.33. The van der Waals surface area contributed by atoms with Crippen LogP contribution < -0.4 is 10.0 Å². The summed E-state index contributed by atoms with van der Waals surface area (Å²) in [7, 11) is -3.32. The monoisotopic (exact) mass is 440 g/mol. The van der Waals surface area contributed by atoms with Crippen LogP contribution in [-0.4, -0.2) is 27.3 Å². The molecule has 1 aromatic rings. The number of halogens is 2. The van der Waals surface area contributed by atoms with Crippen molar-refractivity contribution in [2.45, 2.75) is 33.1 Å². The lowest BCUT2D eigenvalue weighted by molar-refractivity contribution is 0.590. The Morgan fingerprint density at radius 1 is 1.10 bits per heavy atom. The van der Waals surface area contributed by atoms with Gasteiger partial charge < -0.3 is 5.32 Å². The van der Waals surface area contributed by atoms with E-state index in [0.29, 0.717) is 12.1 Å². The van der Waals surface area contributed by atoms with Crippen LogP contribution >= 0.6 is 31.9 Å². The molecule has 120 valence electrons. The molecule has 0 aliphatic carbocycles. The van der Waals surface area contributed by atoms with Gasteiger partial charge >= 0.3 is 0 Å². The average molecular weight is 442 g/mol. The largest absolute Gasteiger partial charge is 0.317 e. The van der Waals surface area contributed by atoms with Crippen molar-refractivity contribution < 1.29 is 8.42 Å². The Balaban J connectivity index is 2.53. The zero-order chi connectivity index (χ0) is 15.9. The molecule has 0 radical (unpaired) electrons. The molecule has 0 aliphatic rings. The maximum atomic E-state index is 12.1. The van der Waals surface area contributed by atoms with Crippen LogP contribution in [0.4, 0.5) is 5.69 Å². The van der Waals surface area contributed by atoms with E-state index in [2.05, 4.69) is 48.8 Å². The average Bonchev–Trinajstić information content (AvgIpc) is 2.38. The highest BCUT2D eigenvalue weighted by atomic mass is 79.9. The molecule has 0 spiro atoms. The standard InChI is InChI=1S/C14H22Br2N2O2S/c1-3-6-17-7-4-5-8-21(19,20)18-14-12(15)9-11(2)10-13(14)16/h9-10,17-18H,3-8H2,1-2H3. The van der Waals surface area contributed by atoms with Crippen LogP contribution in [0.3, 0.4) is 0 Å². The van der Waals surface area contributed by atoms with Gasteiger partial charge in [-0.15, -0.1) is 0 Å². The van der Waals surface area contributed by atoms with E-state index >= 15 is 0 Å². The second kappa shape index (κ2) is 9.12. The third-order valence-electron chi connectivity index (χ3n) is 2.89. The van der Waals surface area contributed by atoms with Gasteiger partial charge in [-0.25, -0.2) is 8.42 Å². The molecule has 4 nitrogen and oxygen atoms in total. The van der Waals surface area contributed by atoms with Crippen LogP contribution in [0.5, 0.6) is 0 Å². The normalized spacial score (nSPS) is 11.6. The fourth-order valence-corrected chi connectivity index (χ4v) is 4.94.